The van der Waals surface area contributed by atoms with Crippen LogP contribution in [0, 0.1) is 11.3 Å². The Balaban J connectivity index is 2.75. The molecule has 68 valence electrons. The van der Waals surface area contributed by atoms with Crippen molar-refractivity contribution in [1.29, 1.82) is 5.26 Å². The van der Waals surface area contributed by atoms with Crippen molar-refractivity contribution in [1.82, 2.24) is 0 Å². The van der Waals surface area contributed by atoms with Crippen LogP contribution in [0.25, 0.3) is 10.8 Å². The summed E-state index contributed by atoms with van der Waals surface area (Å²) < 4.78 is 0. The zero-order chi connectivity index (χ0) is 9.97. The number of hydrogen-bond donors (Lipinski definition) is 0. The number of benzene rings is 2. The fourth-order valence-corrected chi connectivity index (χ4v) is 1.68. The predicted molar refractivity (Wildman–Crippen MR) is 58.2 cm³/mol. The van der Waals surface area contributed by atoms with E-state index in [-0.39, 0.29) is 0 Å². The lowest BCUT2D eigenvalue weighted by molar-refractivity contribution is 1.42. The molecule has 2 aromatic rings. The molecule has 0 saturated carbocycles. The van der Waals surface area contributed by atoms with Crippen molar-refractivity contribution in [2.75, 3.05) is 0 Å². The summed E-state index contributed by atoms with van der Waals surface area (Å²) in [5.41, 5.74) is 1.79. The Kier molecular flexibility index (Phi) is 2.39. The van der Waals surface area contributed by atoms with E-state index in [0.29, 0.717) is 11.4 Å². The van der Waals surface area contributed by atoms with Crippen LogP contribution in [0.2, 0.25) is 0 Å². The molecule has 0 N–H and O–H groups in total. The summed E-state index contributed by atoms with van der Waals surface area (Å²) in [5, 5.41) is 10.9. The maximum Gasteiger partial charge on any atom is 0.0998 e. The number of alkyl halides is 1. The standard InChI is InChI=1S/C12H8ClN/c13-7-9-4-5-12-10(6-9)2-1-3-11(12)8-14/h1-6H,7H2. The zero-order valence-electron chi connectivity index (χ0n) is 7.50. The molecule has 2 rings (SSSR count). The second-order valence-corrected chi connectivity index (χ2v) is 3.37. The van der Waals surface area contributed by atoms with Crippen molar-refractivity contribution < 1.29 is 0 Å². The maximum atomic E-state index is 8.89. The average Bonchev–Trinajstić information content (AvgIpc) is 2.27. The molecule has 0 atom stereocenters. The van der Waals surface area contributed by atoms with Crippen molar-refractivity contribution in [3.63, 3.8) is 0 Å². The van der Waals surface area contributed by atoms with Gasteiger partial charge in [-0.05, 0) is 28.5 Å². The lowest BCUT2D eigenvalue weighted by Crippen LogP contribution is -1.82. The third-order valence-corrected chi connectivity index (χ3v) is 2.53. The van der Waals surface area contributed by atoms with E-state index in [4.69, 9.17) is 16.9 Å². The second-order valence-electron chi connectivity index (χ2n) is 3.11. The van der Waals surface area contributed by atoms with E-state index in [1.165, 1.54) is 0 Å². The van der Waals surface area contributed by atoms with Crippen LogP contribution >= 0.6 is 11.6 Å². The van der Waals surface area contributed by atoms with E-state index in [0.717, 1.165) is 16.3 Å². The SMILES string of the molecule is N#Cc1cccc2cc(CCl)ccc12. The molecule has 1 nitrogen and oxygen atoms in total. The highest BCUT2D eigenvalue weighted by Gasteiger charge is 2.00. The number of hydrogen-bond acceptors (Lipinski definition) is 1. The first-order chi connectivity index (χ1) is 6.85. The van der Waals surface area contributed by atoms with Crippen LogP contribution in [0.5, 0.6) is 0 Å². The van der Waals surface area contributed by atoms with Gasteiger partial charge >= 0.3 is 0 Å². The van der Waals surface area contributed by atoms with Gasteiger partial charge in [0.2, 0.25) is 0 Å². The number of rotatable bonds is 1. The van der Waals surface area contributed by atoms with Crippen molar-refractivity contribution in [2.45, 2.75) is 5.88 Å². The fraction of sp³-hybridized carbons (Fsp3) is 0.0833. The van der Waals surface area contributed by atoms with Crippen molar-refractivity contribution in [3.8, 4) is 6.07 Å². The van der Waals surface area contributed by atoms with Crippen molar-refractivity contribution >= 4 is 22.4 Å². The van der Waals surface area contributed by atoms with Gasteiger partial charge in [-0.3, -0.25) is 0 Å². The van der Waals surface area contributed by atoms with E-state index in [1.54, 1.807) is 0 Å². The molecule has 0 bridgehead atoms. The van der Waals surface area contributed by atoms with E-state index < -0.39 is 0 Å². The zero-order valence-corrected chi connectivity index (χ0v) is 8.25. The molecular weight excluding hydrogens is 194 g/mol. The molecule has 0 aliphatic heterocycles. The molecule has 0 fully saturated rings. The fourth-order valence-electron chi connectivity index (χ4n) is 1.51. The van der Waals surface area contributed by atoms with Crippen LogP contribution in [-0.4, -0.2) is 0 Å². The van der Waals surface area contributed by atoms with Gasteiger partial charge in [-0.2, -0.15) is 5.26 Å². The third kappa shape index (κ3) is 1.45. The van der Waals surface area contributed by atoms with E-state index in [2.05, 4.69) is 6.07 Å². The number of nitriles is 1. The lowest BCUT2D eigenvalue weighted by Gasteiger charge is -2.01. The third-order valence-electron chi connectivity index (χ3n) is 2.22. The number of fused-ring (bicyclic) bond motifs is 1. The highest BCUT2D eigenvalue weighted by molar-refractivity contribution is 6.17. The van der Waals surface area contributed by atoms with Crippen LogP contribution in [0.4, 0.5) is 0 Å². The summed E-state index contributed by atoms with van der Waals surface area (Å²) >= 11 is 5.74. The van der Waals surface area contributed by atoms with Gasteiger partial charge in [0.25, 0.3) is 0 Å². The molecule has 2 heteroatoms. The minimum absolute atomic E-state index is 0.507. The second kappa shape index (κ2) is 3.69. The predicted octanol–water partition coefficient (Wildman–Crippen LogP) is 3.45. The Morgan fingerprint density at radius 1 is 1.21 bits per heavy atom. The van der Waals surface area contributed by atoms with Gasteiger partial charge in [-0.25, -0.2) is 0 Å². The van der Waals surface area contributed by atoms with Crippen molar-refractivity contribution in [2.24, 2.45) is 0 Å². The minimum atomic E-state index is 0.507. The molecule has 0 aromatic heterocycles. The highest BCUT2D eigenvalue weighted by Crippen LogP contribution is 2.20. The topological polar surface area (TPSA) is 23.8 Å². The molecule has 0 radical (unpaired) electrons. The van der Waals surface area contributed by atoms with E-state index >= 15 is 0 Å². The number of halogens is 1. The largest absolute Gasteiger partial charge is 0.192 e. The van der Waals surface area contributed by atoms with Gasteiger partial charge in [0.1, 0.15) is 0 Å². The summed E-state index contributed by atoms with van der Waals surface area (Å²) in [6.07, 6.45) is 0. The Morgan fingerprint density at radius 2 is 2.07 bits per heavy atom. The van der Waals surface area contributed by atoms with Crippen LogP contribution in [0.1, 0.15) is 11.1 Å². The Labute approximate surface area is 87.5 Å². The Bertz CT molecular complexity index is 511. The molecule has 0 unspecified atom stereocenters. The van der Waals surface area contributed by atoms with Gasteiger partial charge in [0, 0.05) is 5.88 Å². The minimum Gasteiger partial charge on any atom is -0.192 e. The summed E-state index contributed by atoms with van der Waals surface area (Å²) in [6.45, 7) is 0. The summed E-state index contributed by atoms with van der Waals surface area (Å²) in [4.78, 5) is 0. The van der Waals surface area contributed by atoms with Gasteiger partial charge < -0.3 is 0 Å². The first kappa shape index (κ1) is 9.05. The highest BCUT2D eigenvalue weighted by atomic mass is 35.5. The average molecular weight is 202 g/mol. The first-order valence-corrected chi connectivity index (χ1v) is 4.86. The summed E-state index contributed by atoms with van der Waals surface area (Å²) in [6, 6.07) is 13.8. The van der Waals surface area contributed by atoms with Crippen molar-refractivity contribution in [3.05, 3.63) is 47.5 Å². The maximum absolute atomic E-state index is 8.89. The molecule has 0 spiro atoms. The molecular formula is C12H8ClN. The molecule has 0 saturated heterocycles. The van der Waals surface area contributed by atoms with Crippen LogP contribution in [0.3, 0.4) is 0 Å². The number of nitrogens with zero attached hydrogens (tertiary/aromatic N) is 1. The Hall–Kier alpha value is -1.52. The van der Waals surface area contributed by atoms with Crippen LogP contribution in [0.15, 0.2) is 36.4 Å². The quantitative estimate of drug-likeness (QED) is 0.649. The monoisotopic (exact) mass is 201 g/mol. The summed E-state index contributed by atoms with van der Waals surface area (Å²) in [7, 11) is 0. The van der Waals surface area contributed by atoms with Crippen LogP contribution in [-0.2, 0) is 5.88 Å². The normalized spacial score (nSPS) is 10.0. The molecule has 0 aliphatic carbocycles. The Morgan fingerprint density at radius 3 is 2.79 bits per heavy atom. The summed E-state index contributed by atoms with van der Waals surface area (Å²) in [5.74, 6) is 0.507. The molecule has 2 aromatic carbocycles. The smallest absolute Gasteiger partial charge is 0.0998 e. The van der Waals surface area contributed by atoms with E-state index in [1.807, 2.05) is 36.4 Å². The van der Waals surface area contributed by atoms with Gasteiger partial charge in [-0.15, -0.1) is 11.6 Å². The molecule has 14 heavy (non-hydrogen) atoms. The molecule has 0 heterocycles. The van der Waals surface area contributed by atoms with E-state index in [9.17, 15) is 0 Å². The van der Waals surface area contributed by atoms with Crippen LogP contribution < -0.4 is 0 Å². The molecule has 0 amide bonds. The molecule has 0 aliphatic rings. The van der Waals surface area contributed by atoms with Gasteiger partial charge in [-0.1, -0.05) is 24.3 Å². The first-order valence-electron chi connectivity index (χ1n) is 4.33. The lowest BCUT2D eigenvalue weighted by atomic mass is 10.0. The van der Waals surface area contributed by atoms with Gasteiger partial charge in [0.05, 0.1) is 11.6 Å². The van der Waals surface area contributed by atoms with Gasteiger partial charge in [0.15, 0.2) is 0 Å².